The molecule has 6 aromatic rings. The minimum Gasteiger partial charge on any atom is -0.344 e. The summed E-state index contributed by atoms with van der Waals surface area (Å²) < 4.78 is 0. The summed E-state index contributed by atoms with van der Waals surface area (Å²) in [5.74, 6) is 0. The fourth-order valence-corrected chi connectivity index (χ4v) is 5.11. The van der Waals surface area contributed by atoms with Crippen LogP contribution in [0.25, 0.3) is 44.5 Å². The molecule has 38 heavy (non-hydrogen) atoms. The van der Waals surface area contributed by atoms with E-state index in [4.69, 9.17) is 0 Å². The maximum Gasteiger partial charge on any atom is 0.0488 e. The highest BCUT2D eigenvalue weighted by atomic mass is 15.1. The van der Waals surface area contributed by atoms with Gasteiger partial charge in [-0.3, -0.25) is 0 Å². The van der Waals surface area contributed by atoms with Crippen LogP contribution in [0, 0.1) is 0 Å². The zero-order chi connectivity index (χ0) is 25.7. The fraction of sp³-hybridized carbons (Fsp3) is 0.0270. The Morgan fingerprint density at radius 1 is 0.316 bits per heavy atom. The summed E-state index contributed by atoms with van der Waals surface area (Å²) in [6, 6.07) is 56.1. The van der Waals surface area contributed by atoms with Crippen LogP contribution in [-0.4, -0.2) is 7.05 Å². The molecular formula is C37H29N. The normalized spacial score (nSPS) is 10.8. The molecule has 182 valence electrons. The summed E-state index contributed by atoms with van der Waals surface area (Å²) in [5.41, 5.74) is 12.0. The number of rotatable bonds is 6. The van der Waals surface area contributed by atoms with Crippen LogP contribution >= 0.6 is 0 Å². The summed E-state index contributed by atoms with van der Waals surface area (Å²) in [7, 11) is 2.17. The molecule has 0 aromatic heterocycles. The molecule has 1 heteroatoms. The van der Waals surface area contributed by atoms with Crippen molar-refractivity contribution in [1.29, 1.82) is 0 Å². The van der Waals surface area contributed by atoms with Gasteiger partial charge in [0.1, 0.15) is 0 Å². The second-order valence-corrected chi connectivity index (χ2v) is 9.49. The second-order valence-electron chi connectivity index (χ2n) is 9.49. The number of nitrogens with zero attached hydrogens (tertiary/aromatic N) is 1. The van der Waals surface area contributed by atoms with Crippen molar-refractivity contribution in [1.82, 2.24) is 0 Å². The zero-order valence-electron chi connectivity index (χ0n) is 21.5. The van der Waals surface area contributed by atoms with Gasteiger partial charge < -0.3 is 4.90 Å². The van der Waals surface area contributed by atoms with Gasteiger partial charge in [0.25, 0.3) is 0 Å². The second kappa shape index (κ2) is 10.6. The van der Waals surface area contributed by atoms with Crippen molar-refractivity contribution in [2.75, 3.05) is 11.9 Å². The van der Waals surface area contributed by atoms with Gasteiger partial charge in [0.15, 0.2) is 0 Å². The van der Waals surface area contributed by atoms with Crippen LogP contribution in [0.1, 0.15) is 0 Å². The Morgan fingerprint density at radius 3 is 0.974 bits per heavy atom. The van der Waals surface area contributed by atoms with E-state index in [1.165, 1.54) is 55.9 Å². The smallest absolute Gasteiger partial charge is 0.0488 e. The predicted molar refractivity (Wildman–Crippen MR) is 163 cm³/mol. The van der Waals surface area contributed by atoms with Gasteiger partial charge in [-0.05, 0) is 57.6 Å². The van der Waals surface area contributed by atoms with Gasteiger partial charge >= 0.3 is 0 Å². The van der Waals surface area contributed by atoms with E-state index in [2.05, 4.69) is 170 Å². The van der Waals surface area contributed by atoms with Crippen LogP contribution in [-0.2, 0) is 0 Å². The Morgan fingerprint density at radius 2 is 0.632 bits per heavy atom. The Kier molecular flexibility index (Phi) is 6.57. The minimum absolute atomic E-state index is 1.17. The highest BCUT2D eigenvalue weighted by molar-refractivity contribution is 5.91. The van der Waals surface area contributed by atoms with Crippen LogP contribution in [0.3, 0.4) is 0 Å². The molecule has 0 heterocycles. The molecule has 0 fully saturated rings. The van der Waals surface area contributed by atoms with Crippen molar-refractivity contribution in [2.24, 2.45) is 0 Å². The van der Waals surface area contributed by atoms with Crippen molar-refractivity contribution in [3.8, 4) is 44.5 Å². The van der Waals surface area contributed by atoms with E-state index in [0.29, 0.717) is 0 Å². The summed E-state index contributed by atoms with van der Waals surface area (Å²) in [6.07, 6.45) is 0. The maximum atomic E-state index is 2.33. The molecule has 0 bridgehead atoms. The SMILES string of the molecule is CN(c1ccc(-c2ccccc2)cc1-c1ccccc1)c1ccc(-c2ccccc2)cc1-c1ccccc1. The highest BCUT2D eigenvalue weighted by Crippen LogP contribution is 2.42. The molecule has 0 saturated carbocycles. The fourth-order valence-electron chi connectivity index (χ4n) is 5.11. The molecule has 6 aromatic carbocycles. The van der Waals surface area contributed by atoms with E-state index in [0.717, 1.165) is 0 Å². The van der Waals surface area contributed by atoms with Gasteiger partial charge in [-0.25, -0.2) is 0 Å². The molecule has 6 rings (SSSR count). The Hall–Kier alpha value is -4.88. The van der Waals surface area contributed by atoms with E-state index < -0.39 is 0 Å². The van der Waals surface area contributed by atoms with Crippen LogP contribution in [0.5, 0.6) is 0 Å². The molecule has 0 amide bonds. The lowest BCUT2D eigenvalue weighted by atomic mass is 9.94. The van der Waals surface area contributed by atoms with Crippen molar-refractivity contribution in [3.63, 3.8) is 0 Å². The minimum atomic E-state index is 1.17. The quantitative estimate of drug-likeness (QED) is 0.226. The van der Waals surface area contributed by atoms with Crippen LogP contribution in [0.4, 0.5) is 11.4 Å². The summed E-state index contributed by atoms with van der Waals surface area (Å²) in [4.78, 5) is 2.33. The summed E-state index contributed by atoms with van der Waals surface area (Å²) in [5, 5.41) is 0. The van der Waals surface area contributed by atoms with Crippen molar-refractivity contribution < 1.29 is 0 Å². The molecule has 1 nitrogen and oxygen atoms in total. The Bertz CT molecular complexity index is 1510. The third-order valence-electron chi connectivity index (χ3n) is 7.10. The molecule has 0 aliphatic heterocycles. The molecule has 0 N–H and O–H groups in total. The van der Waals surface area contributed by atoms with E-state index in [1.54, 1.807) is 0 Å². The van der Waals surface area contributed by atoms with Gasteiger partial charge in [-0.2, -0.15) is 0 Å². The molecule has 0 saturated heterocycles. The standard InChI is InChI=1S/C37H29N/c1-38(36-24-22-32(28-14-6-2-7-15-28)26-34(36)30-18-10-4-11-19-30)37-25-23-33(29-16-8-3-9-17-29)27-35(37)31-20-12-5-13-21-31/h2-27H,1H3. The van der Waals surface area contributed by atoms with E-state index in [9.17, 15) is 0 Å². The predicted octanol–water partition coefficient (Wildman–Crippen LogP) is 10.1. The third kappa shape index (κ3) is 4.75. The first-order valence-electron chi connectivity index (χ1n) is 13.0. The number of hydrogen-bond acceptors (Lipinski definition) is 1. The lowest BCUT2D eigenvalue weighted by Crippen LogP contribution is -2.12. The monoisotopic (exact) mass is 487 g/mol. The lowest BCUT2D eigenvalue weighted by Gasteiger charge is -2.27. The highest BCUT2D eigenvalue weighted by Gasteiger charge is 2.17. The molecule has 0 aliphatic rings. The first kappa shape index (κ1) is 23.5. The molecule has 0 radical (unpaired) electrons. The zero-order valence-corrected chi connectivity index (χ0v) is 21.5. The van der Waals surface area contributed by atoms with Crippen LogP contribution in [0.15, 0.2) is 158 Å². The van der Waals surface area contributed by atoms with Crippen LogP contribution < -0.4 is 4.90 Å². The number of benzene rings is 6. The van der Waals surface area contributed by atoms with Gasteiger partial charge in [-0.15, -0.1) is 0 Å². The van der Waals surface area contributed by atoms with Crippen LogP contribution in [0.2, 0.25) is 0 Å². The Labute approximate surface area is 225 Å². The van der Waals surface area contributed by atoms with Gasteiger partial charge in [0.05, 0.1) is 0 Å². The van der Waals surface area contributed by atoms with Gasteiger partial charge in [0.2, 0.25) is 0 Å². The van der Waals surface area contributed by atoms with Crippen molar-refractivity contribution in [2.45, 2.75) is 0 Å². The summed E-state index contributed by atoms with van der Waals surface area (Å²) >= 11 is 0. The topological polar surface area (TPSA) is 3.24 Å². The molecule has 0 atom stereocenters. The van der Waals surface area contributed by atoms with Crippen molar-refractivity contribution in [3.05, 3.63) is 158 Å². The first-order chi connectivity index (χ1) is 18.8. The van der Waals surface area contributed by atoms with Gasteiger partial charge in [-0.1, -0.05) is 133 Å². The number of hydrogen-bond donors (Lipinski definition) is 0. The van der Waals surface area contributed by atoms with E-state index >= 15 is 0 Å². The average Bonchev–Trinajstić information content (AvgIpc) is 3.02. The van der Waals surface area contributed by atoms with E-state index in [1.807, 2.05) is 0 Å². The maximum absolute atomic E-state index is 2.33. The Balaban J connectivity index is 1.51. The largest absolute Gasteiger partial charge is 0.344 e. The third-order valence-corrected chi connectivity index (χ3v) is 7.10. The van der Waals surface area contributed by atoms with E-state index in [-0.39, 0.29) is 0 Å². The molecular weight excluding hydrogens is 458 g/mol. The first-order valence-corrected chi connectivity index (χ1v) is 13.0. The summed E-state index contributed by atoms with van der Waals surface area (Å²) in [6.45, 7) is 0. The molecule has 0 unspecified atom stereocenters. The average molecular weight is 488 g/mol. The molecule has 0 aliphatic carbocycles. The molecule has 0 spiro atoms. The van der Waals surface area contributed by atoms with Gasteiger partial charge in [0, 0.05) is 29.5 Å². The van der Waals surface area contributed by atoms with Crippen molar-refractivity contribution >= 4 is 11.4 Å². The number of anilines is 2. The lowest BCUT2D eigenvalue weighted by molar-refractivity contribution is 1.21.